The fourth-order valence-corrected chi connectivity index (χ4v) is 10.3. The van der Waals surface area contributed by atoms with Crippen LogP contribution in [0.2, 0.25) is 0 Å². The van der Waals surface area contributed by atoms with E-state index >= 15 is 0 Å². The number of halogens is 3. The number of hydrogen-bond donors (Lipinski definition) is 6. The van der Waals surface area contributed by atoms with Gasteiger partial charge in [0, 0.05) is 68.8 Å². The van der Waals surface area contributed by atoms with E-state index < -0.39 is 35.6 Å². The molecule has 4 heterocycles. The van der Waals surface area contributed by atoms with Crippen molar-refractivity contribution in [1.82, 2.24) is 51.3 Å². The molecule has 0 unspecified atom stereocenters. The first-order valence-electron chi connectivity index (χ1n) is 25.1. The van der Waals surface area contributed by atoms with Crippen molar-refractivity contribution in [2.45, 2.75) is 120 Å². The van der Waals surface area contributed by atoms with Crippen LogP contribution < -0.4 is 31.9 Å². The molecule has 2 saturated heterocycles. The lowest BCUT2D eigenvalue weighted by atomic mass is 9.83. The summed E-state index contributed by atoms with van der Waals surface area (Å²) in [5.74, 6) is -1.65. The van der Waals surface area contributed by atoms with E-state index in [9.17, 15) is 41.9 Å². The van der Waals surface area contributed by atoms with Gasteiger partial charge in [-0.15, -0.1) is 0 Å². The Kier molecular flexibility index (Phi) is 18.7. The van der Waals surface area contributed by atoms with Crippen molar-refractivity contribution in [2.75, 3.05) is 65.0 Å². The number of amides is 6. The normalized spacial score (nSPS) is 24.7. The number of fused-ring (bicyclic) bond motifs is 1. The summed E-state index contributed by atoms with van der Waals surface area (Å²) >= 11 is 0. The van der Waals surface area contributed by atoms with E-state index in [1.54, 1.807) is 25.5 Å². The third kappa shape index (κ3) is 14.4. The Balaban J connectivity index is 0.776. The van der Waals surface area contributed by atoms with Gasteiger partial charge in [0.1, 0.15) is 18.2 Å². The maximum absolute atomic E-state index is 14.0. The van der Waals surface area contributed by atoms with Crippen molar-refractivity contribution in [3.8, 4) is 0 Å². The molecule has 0 spiro atoms. The molecule has 7 rings (SSSR count). The average molecular weight is 1010 g/mol. The van der Waals surface area contributed by atoms with Crippen LogP contribution in [0.25, 0.3) is 10.9 Å². The van der Waals surface area contributed by atoms with Gasteiger partial charge >= 0.3 is 6.18 Å². The van der Waals surface area contributed by atoms with Crippen molar-refractivity contribution in [1.29, 1.82) is 0 Å². The molecule has 2 aromatic heterocycles. The van der Waals surface area contributed by atoms with Crippen LogP contribution in [0.3, 0.4) is 0 Å². The largest absolute Gasteiger partial charge is 0.416 e. The predicted molar refractivity (Wildman–Crippen MR) is 258 cm³/mol. The van der Waals surface area contributed by atoms with Crippen LogP contribution in [0, 0.1) is 17.8 Å². The molecule has 6 amide bonds. The Morgan fingerprint density at radius 3 is 2.36 bits per heavy atom. The predicted octanol–water partition coefficient (Wildman–Crippen LogP) is 3.26. The van der Waals surface area contributed by atoms with Crippen LogP contribution in [0.5, 0.6) is 0 Å². The summed E-state index contributed by atoms with van der Waals surface area (Å²) in [6.07, 6.45) is 5.17. The number of ether oxygens (including phenoxy) is 2. The summed E-state index contributed by atoms with van der Waals surface area (Å²) in [6.45, 7) is 6.39. The fraction of sp³-hybridized carbons (Fsp3) is 0.620. The Morgan fingerprint density at radius 1 is 0.861 bits per heavy atom. The lowest BCUT2D eigenvalue weighted by Crippen LogP contribution is -2.59. The molecule has 19 nitrogen and oxygen atoms in total. The van der Waals surface area contributed by atoms with E-state index in [1.807, 2.05) is 11.0 Å². The number of carbonyl (C=O) groups excluding carboxylic acids is 6. The molecule has 6 atom stereocenters. The minimum atomic E-state index is -4.55. The zero-order valence-corrected chi connectivity index (χ0v) is 41.2. The number of rotatable bonds is 22. The number of aromatic nitrogens is 3. The molecule has 4 fully saturated rings. The molecule has 72 heavy (non-hydrogen) atoms. The highest BCUT2D eigenvalue weighted by atomic mass is 19.4. The molecule has 2 aliphatic carbocycles. The summed E-state index contributed by atoms with van der Waals surface area (Å²) < 4.78 is 51.9. The van der Waals surface area contributed by atoms with Crippen molar-refractivity contribution < 1.29 is 51.4 Å². The van der Waals surface area contributed by atoms with E-state index in [-0.39, 0.29) is 123 Å². The van der Waals surface area contributed by atoms with Crippen molar-refractivity contribution in [3.05, 3.63) is 60.2 Å². The first-order chi connectivity index (χ1) is 34.5. The van der Waals surface area contributed by atoms with Gasteiger partial charge in [0.2, 0.25) is 35.4 Å². The van der Waals surface area contributed by atoms with Crippen LogP contribution in [0.4, 0.5) is 19.0 Å². The van der Waals surface area contributed by atoms with Gasteiger partial charge in [-0.1, -0.05) is 19.9 Å². The summed E-state index contributed by atoms with van der Waals surface area (Å²) in [4.78, 5) is 94.1. The van der Waals surface area contributed by atoms with Gasteiger partial charge < -0.3 is 51.2 Å². The van der Waals surface area contributed by atoms with E-state index in [0.717, 1.165) is 30.7 Å². The van der Waals surface area contributed by atoms with Crippen molar-refractivity contribution >= 4 is 52.2 Å². The Labute approximate surface area is 417 Å². The average Bonchev–Trinajstić information content (AvgIpc) is 3.88. The molecule has 1 aromatic carbocycles. The third-order valence-electron chi connectivity index (χ3n) is 14.1. The van der Waals surface area contributed by atoms with Gasteiger partial charge in [0.05, 0.1) is 68.1 Å². The second-order valence-electron chi connectivity index (χ2n) is 19.7. The number of anilines is 1. The van der Waals surface area contributed by atoms with Gasteiger partial charge in [-0.2, -0.15) is 13.2 Å². The first-order valence-corrected chi connectivity index (χ1v) is 25.1. The van der Waals surface area contributed by atoms with Gasteiger partial charge in [-0.25, -0.2) is 9.97 Å². The topological polar surface area (TPSA) is 238 Å². The number of nitrogens with zero attached hydrogens (tertiary/aromatic N) is 5. The highest BCUT2D eigenvalue weighted by molar-refractivity contribution is 5.94. The van der Waals surface area contributed by atoms with Crippen LogP contribution in [-0.4, -0.2) is 150 Å². The molecular formula is C50H68F3N11O8. The fourth-order valence-electron chi connectivity index (χ4n) is 10.3. The molecule has 2 saturated carbocycles. The summed E-state index contributed by atoms with van der Waals surface area (Å²) in [5, 5.41) is 18.6. The standard InChI is InChI=1S/C50H68F3N11O8/c1-30(2)26-56-35-11-13-41(64-18-14-39(49(64)70)61-46-36-23-33(50(51,52)53)8-12-38(36)58-29-59-46)40(24-35)62-47(68)31-6-9-34(10-7-31)60-42(65)15-19-71-21-22-72-20-17-55-43(66)28-57-48(69)37-25-44(67)63(3)45(37)32-5-4-16-54-27-32/h4-5,8,12,16,23,27,29-31,34-35,37,39-41,45,56H,6-7,9-11,13-15,17-22,24-26,28H2,1-3H3,(H,55,66)(H,57,69)(H,60,65)(H,62,68)(H,58,59,61)/t31?,34?,35-,37+,39+,40-,41+,45-/m1/s1. The molecule has 22 heteroatoms. The molecule has 0 bridgehead atoms. The molecule has 0 radical (unpaired) electrons. The SMILES string of the molecule is CC(C)CN[C@@H]1CC[C@H](N2CC[C@H](Nc3ncnc4ccc(C(F)(F)F)cc34)C2=O)[C@H](NC(=O)C2CCC(NC(=O)CCOCCOCCNC(=O)CNC(=O)[C@H]3CC(=O)N(C)[C@@H]3c3cccnc3)CC2)C1. The summed E-state index contributed by atoms with van der Waals surface area (Å²) in [6, 6.07) is 5.15. The van der Waals surface area contributed by atoms with Crippen molar-refractivity contribution in [3.63, 3.8) is 0 Å². The first kappa shape index (κ1) is 53.8. The van der Waals surface area contributed by atoms with E-state index in [1.165, 1.54) is 17.3 Å². The maximum atomic E-state index is 14.0. The minimum absolute atomic E-state index is 0.0440. The van der Waals surface area contributed by atoms with Crippen molar-refractivity contribution in [2.24, 2.45) is 17.8 Å². The second-order valence-corrected chi connectivity index (χ2v) is 19.7. The Morgan fingerprint density at radius 2 is 1.62 bits per heavy atom. The van der Waals surface area contributed by atoms with Gasteiger partial charge in [0.25, 0.3) is 0 Å². The smallest absolute Gasteiger partial charge is 0.379 e. The molecular weight excluding hydrogens is 940 g/mol. The van der Waals surface area contributed by atoms with E-state index in [2.05, 4.69) is 60.7 Å². The minimum Gasteiger partial charge on any atom is -0.379 e. The van der Waals surface area contributed by atoms with Crippen LogP contribution in [0.15, 0.2) is 49.1 Å². The molecule has 4 aliphatic rings. The third-order valence-corrected chi connectivity index (χ3v) is 14.1. The molecule has 2 aliphatic heterocycles. The highest BCUT2D eigenvalue weighted by Gasteiger charge is 2.45. The summed E-state index contributed by atoms with van der Waals surface area (Å²) in [5.41, 5.74) is 0.241. The van der Waals surface area contributed by atoms with Gasteiger partial charge in [-0.3, -0.25) is 33.8 Å². The lowest BCUT2D eigenvalue weighted by molar-refractivity contribution is -0.137. The van der Waals surface area contributed by atoms with E-state index in [4.69, 9.17) is 9.47 Å². The quantitative estimate of drug-likeness (QED) is 0.0795. The zero-order chi connectivity index (χ0) is 51.4. The number of nitrogens with one attached hydrogen (secondary N) is 6. The van der Waals surface area contributed by atoms with Crippen LogP contribution in [-0.2, 0) is 44.4 Å². The zero-order valence-electron chi connectivity index (χ0n) is 41.2. The Bertz CT molecular complexity index is 2360. The van der Waals surface area contributed by atoms with Crippen LogP contribution >= 0.6 is 0 Å². The van der Waals surface area contributed by atoms with Crippen LogP contribution in [0.1, 0.15) is 95.2 Å². The highest BCUT2D eigenvalue weighted by Crippen LogP contribution is 2.37. The second kappa shape index (κ2) is 25.1. The van der Waals surface area contributed by atoms with Gasteiger partial charge in [0.15, 0.2) is 0 Å². The molecule has 6 N–H and O–H groups in total. The maximum Gasteiger partial charge on any atom is 0.416 e. The molecule has 392 valence electrons. The number of benzene rings is 1. The Hall–Kier alpha value is -6.00. The number of pyridine rings is 1. The lowest BCUT2D eigenvalue weighted by Gasteiger charge is -2.42. The monoisotopic (exact) mass is 1010 g/mol. The number of alkyl halides is 3. The summed E-state index contributed by atoms with van der Waals surface area (Å²) in [7, 11) is 1.65. The van der Waals surface area contributed by atoms with Gasteiger partial charge in [-0.05, 0) is 93.7 Å². The number of likely N-dealkylation sites (tertiary alicyclic amines) is 2. The number of hydrogen-bond acceptors (Lipinski definition) is 13. The number of carbonyl (C=O) groups is 6. The van der Waals surface area contributed by atoms with E-state index in [0.29, 0.717) is 62.9 Å². The molecule has 3 aromatic rings.